The first kappa shape index (κ1) is 53.8. The smallest absolute Gasteiger partial charge is 0.233 e. The molecule has 0 aliphatic heterocycles. The molecule has 2 heterocycles. The monoisotopic (exact) mass is 1030 g/mol. The number of carbonyl (C=O) groups is 4. The summed E-state index contributed by atoms with van der Waals surface area (Å²) in [6.07, 6.45) is 17.5. The van der Waals surface area contributed by atoms with Gasteiger partial charge in [0.1, 0.15) is 0 Å². The Balaban J connectivity index is 1.22. The zero-order valence-electron chi connectivity index (χ0n) is 43.2. The van der Waals surface area contributed by atoms with Crippen LogP contribution < -0.4 is 21.3 Å². The maximum Gasteiger partial charge on any atom is 0.233 e. The van der Waals surface area contributed by atoms with E-state index >= 15 is 9.59 Å². The van der Waals surface area contributed by atoms with Crippen LogP contribution in [0.5, 0.6) is 0 Å². The molecule has 6 aromatic rings. The zero-order valence-corrected chi connectivity index (χ0v) is 44.8. The van der Waals surface area contributed by atoms with Gasteiger partial charge in [-0.15, -0.1) is 0 Å². The van der Waals surface area contributed by atoms with Crippen LogP contribution in [-0.2, 0) is 0 Å². The Kier molecular flexibility index (Phi) is 19.3. The SMILES string of the molecule is CCCCCCNc1nc(Nc2ccc(-c3ccc(Nc4nc(NCCCCCC)nc(SCCCCCC)n4)c4c3C(=O)c3ccccc3C4=O)c3c2C(=O)c2ccccc2C3=O)nc(SCCCCCC)n1. The van der Waals surface area contributed by atoms with Crippen molar-refractivity contribution in [3.63, 3.8) is 0 Å². The predicted molar refractivity (Wildman–Crippen MR) is 300 cm³/mol. The largest absolute Gasteiger partial charge is 0.354 e. The van der Waals surface area contributed by atoms with E-state index in [0.717, 1.165) is 114 Å². The highest BCUT2D eigenvalue weighted by Crippen LogP contribution is 2.44. The number of aromatic nitrogens is 6. The molecule has 386 valence electrons. The molecule has 4 N–H and O–H groups in total. The highest BCUT2D eigenvalue weighted by molar-refractivity contribution is 7.99. The van der Waals surface area contributed by atoms with Crippen molar-refractivity contribution in [2.45, 2.75) is 141 Å². The number of anilines is 6. The third-order valence-corrected chi connectivity index (χ3v) is 15.1. The van der Waals surface area contributed by atoms with Gasteiger partial charge in [0.05, 0.1) is 22.5 Å². The number of hydrogen-bond acceptors (Lipinski definition) is 16. The summed E-state index contributed by atoms with van der Waals surface area (Å²) in [4.78, 5) is 88.6. The predicted octanol–water partition coefficient (Wildman–Crippen LogP) is 14.1. The summed E-state index contributed by atoms with van der Waals surface area (Å²) in [5.74, 6) is 1.40. The molecular formula is C58H68N10O4S2. The van der Waals surface area contributed by atoms with Gasteiger partial charge in [-0.25, -0.2) is 0 Å². The fourth-order valence-electron chi connectivity index (χ4n) is 9.34. The molecule has 0 spiro atoms. The van der Waals surface area contributed by atoms with Gasteiger partial charge in [0, 0.05) is 58.0 Å². The van der Waals surface area contributed by atoms with Crippen molar-refractivity contribution in [3.8, 4) is 11.1 Å². The van der Waals surface area contributed by atoms with Crippen molar-refractivity contribution in [1.82, 2.24) is 29.9 Å². The lowest BCUT2D eigenvalue weighted by Crippen LogP contribution is -2.25. The minimum Gasteiger partial charge on any atom is -0.354 e. The number of hydrogen-bond donors (Lipinski definition) is 4. The summed E-state index contributed by atoms with van der Waals surface area (Å²) in [6.45, 7) is 10.1. The van der Waals surface area contributed by atoms with Crippen LogP contribution in [0.1, 0.15) is 194 Å². The standard InChI is InChI=1S/C58H68N10O4S2/c1-5-9-13-21-33-59-53-63-55(67-57(65-53)73-35-23-15-11-7-3)61-43-31-29-37(45-47(43)51(71)41-27-19-17-25-39(41)49(45)69)38-30-32-44(48-46(38)50(70)40-26-18-20-28-42(40)52(48)72)62-56-64-54(60-34-22-14-10-6-2)66-58(68-56)74-36-24-16-12-8-4/h17-20,25-32H,5-16,21-24,33-36H2,1-4H3,(H2,59,61,63,65,67)(H2,60,62,64,66,68). The molecule has 2 aromatic heterocycles. The van der Waals surface area contributed by atoms with Gasteiger partial charge < -0.3 is 21.3 Å². The number of nitrogens with one attached hydrogen (secondary N) is 4. The average molecular weight is 1030 g/mol. The fourth-order valence-corrected chi connectivity index (χ4v) is 11.0. The maximum absolute atomic E-state index is 15.1. The minimum absolute atomic E-state index is 0.0993. The molecule has 2 aliphatic carbocycles. The van der Waals surface area contributed by atoms with Gasteiger partial charge in [-0.3, -0.25) is 19.2 Å². The summed E-state index contributed by atoms with van der Waals surface area (Å²) in [5, 5.41) is 14.5. The fraction of sp³-hybridized carbons (Fsp3) is 0.414. The molecule has 0 unspecified atom stereocenters. The van der Waals surface area contributed by atoms with E-state index in [0.29, 0.717) is 57.8 Å². The first-order valence-electron chi connectivity index (χ1n) is 26.7. The van der Waals surface area contributed by atoms with Crippen LogP contribution >= 0.6 is 23.5 Å². The van der Waals surface area contributed by atoms with Gasteiger partial charge in [0.25, 0.3) is 0 Å². The van der Waals surface area contributed by atoms with E-state index in [1.807, 2.05) is 0 Å². The van der Waals surface area contributed by atoms with Gasteiger partial charge in [-0.2, -0.15) is 29.9 Å². The second-order valence-electron chi connectivity index (χ2n) is 18.8. The van der Waals surface area contributed by atoms with Gasteiger partial charge in [0.2, 0.25) is 23.8 Å². The van der Waals surface area contributed by atoms with Gasteiger partial charge >= 0.3 is 0 Å². The summed E-state index contributed by atoms with van der Waals surface area (Å²) in [6, 6.07) is 20.4. The molecular weight excluding hydrogens is 965 g/mol. The van der Waals surface area contributed by atoms with Gasteiger partial charge in [-0.05, 0) is 48.9 Å². The summed E-state index contributed by atoms with van der Waals surface area (Å²) >= 11 is 3.11. The highest BCUT2D eigenvalue weighted by atomic mass is 32.2. The van der Waals surface area contributed by atoms with Crippen LogP contribution in [0, 0.1) is 0 Å². The van der Waals surface area contributed by atoms with E-state index < -0.39 is 11.6 Å². The average Bonchev–Trinajstić information content (AvgIpc) is 3.43. The number of nitrogens with zero attached hydrogens (tertiary/aromatic N) is 6. The van der Waals surface area contributed by atoms with Crippen LogP contribution in [0.2, 0.25) is 0 Å². The first-order valence-corrected chi connectivity index (χ1v) is 28.7. The molecule has 0 saturated heterocycles. The number of thioether (sulfide) groups is 2. The molecule has 8 rings (SSSR count). The van der Waals surface area contributed by atoms with Crippen LogP contribution in [0.15, 0.2) is 83.1 Å². The summed E-state index contributed by atoms with van der Waals surface area (Å²) < 4.78 is 0. The number of unbranched alkanes of at least 4 members (excludes halogenated alkanes) is 12. The lowest BCUT2D eigenvalue weighted by Gasteiger charge is -2.26. The van der Waals surface area contributed by atoms with Gasteiger partial charge in [-0.1, -0.05) is 189 Å². The van der Waals surface area contributed by atoms with Crippen molar-refractivity contribution in [3.05, 3.63) is 117 Å². The molecule has 0 bridgehead atoms. The van der Waals surface area contributed by atoms with Crippen LogP contribution in [0.3, 0.4) is 0 Å². The summed E-state index contributed by atoms with van der Waals surface area (Å²) in [5.41, 5.74) is 2.70. The third kappa shape index (κ3) is 12.9. The Hall–Kier alpha value is -6.52. The maximum atomic E-state index is 15.1. The normalized spacial score (nSPS) is 12.5. The quantitative estimate of drug-likeness (QED) is 0.0255. The van der Waals surface area contributed by atoms with Crippen LogP contribution in [0.4, 0.5) is 35.2 Å². The van der Waals surface area contributed by atoms with E-state index in [1.54, 1.807) is 96.3 Å². The Bertz CT molecular complexity index is 2720. The number of benzene rings is 4. The number of carbonyl (C=O) groups excluding carboxylic acids is 4. The molecule has 14 nitrogen and oxygen atoms in total. The molecule has 0 radical (unpaired) electrons. The molecule has 0 atom stereocenters. The van der Waals surface area contributed by atoms with E-state index in [9.17, 15) is 9.59 Å². The molecule has 0 saturated carbocycles. The Morgan fingerprint density at radius 1 is 0.351 bits per heavy atom. The van der Waals surface area contributed by atoms with Crippen molar-refractivity contribution >= 4 is 81.8 Å². The number of rotatable bonds is 29. The van der Waals surface area contributed by atoms with E-state index in [-0.39, 0.29) is 68.0 Å². The van der Waals surface area contributed by atoms with E-state index in [4.69, 9.17) is 29.9 Å². The summed E-state index contributed by atoms with van der Waals surface area (Å²) in [7, 11) is 0. The molecule has 4 aromatic carbocycles. The number of ketones is 4. The van der Waals surface area contributed by atoms with Crippen molar-refractivity contribution < 1.29 is 19.2 Å². The van der Waals surface area contributed by atoms with Crippen molar-refractivity contribution in [1.29, 1.82) is 0 Å². The van der Waals surface area contributed by atoms with E-state index in [2.05, 4.69) is 49.0 Å². The molecule has 74 heavy (non-hydrogen) atoms. The minimum atomic E-state index is -0.396. The molecule has 0 fully saturated rings. The second kappa shape index (κ2) is 26.6. The Labute approximate surface area is 443 Å². The van der Waals surface area contributed by atoms with Crippen LogP contribution in [0.25, 0.3) is 11.1 Å². The first-order chi connectivity index (χ1) is 36.2. The van der Waals surface area contributed by atoms with E-state index in [1.165, 1.54) is 0 Å². The van der Waals surface area contributed by atoms with Gasteiger partial charge in [0.15, 0.2) is 33.4 Å². The Morgan fingerprint density at radius 2 is 0.689 bits per heavy atom. The molecule has 2 aliphatic rings. The third-order valence-electron chi connectivity index (χ3n) is 13.2. The topological polar surface area (TPSA) is 194 Å². The Morgan fingerprint density at radius 3 is 1.05 bits per heavy atom. The zero-order chi connectivity index (χ0) is 51.8. The van der Waals surface area contributed by atoms with Crippen molar-refractivity contribution in [2.75, 3.05) is 45.9 Å². The lowest BCUT2D eigenvalue weighted by atomic mass is 9.75. The lowest BCUT2D eigenvalue weighted by molar-refractivity contribution is 0.0978. The molecule has 0 amide bonds. The highest BCUT2D eigenvalue weighted by Gasteiger charge is 2.39. The number of fused-ring (bicyclic) bond motifs is 4. The van der Waals surface area contributed by atoms with Crippen LogP contribution in [-0.4, -0.2) is 77.6 Å². The molecule has 16 heteroatoms. The van der Waals surface area contributed by atoms with Crippen molar-refractivity contribution in [2.24, 2.45) is 0 Å². The second-order valence-corrected chi connectivity index (χ2v) is 20.9.